The van der Waals surface area contributed by atoms with Crippen molar-refractivity contribution in [3.8, 4) is 0 Å². The summed E-state index contributed by atoms with van der Waals surface area (Å²) in [6.45, 7) is 17.4. The molecule has 1 aromatic heterocycles. The van der Waals surface area contributed by atoms with E-state index in [1.54, 1.807) is 0 Å². The molecule has 6 heteroatoms. The van der Waals surface area contributed by atoms with Crippen LogP contribution in [0, 0.1) is 0 Å². The number of nitrogens with two attached hydrogens (primary N) is 1. The van der Waals surface area contributed by atoms with Gasteiger partial charge in [-0.1, -0.05) is 34.6 Å². The molecule has 1 aromatic rings. The molecule has 1 saturated heterocycles. The molecule has 1 aliphatic rings. The number of hydrogen-bond donors (Lipinski definition) is 1. The summed E-state index contributed by atoms with van der Waals surface area (Å²) in [5.74, 6) is 2.56. The summed E-state index contributed by atoms with van der Waals surface area (Å²) in [6.07, 6.45) is 0.305. The molecule has 0 bridgehead atoms. The molecule has 0 aliphatic carbocycles. The van der Waals surface area contributed by atoms with E-state index in [1.165, 1.54) is 0 Å². The minimum atomic E-state index is -1.69. The number of hydrogen-bond acceptors (Lipinski definition) is 5. The van der Waals surface area contributed by atoms with E-state index < -0.39 is 8.32 Å². The van der Waals surface area contributed by atoms with Crippen LogP contribution in [0.5, 0.6) is 0 Å². The quantitative estimate of drug-likeness (QED) is 0.861. The lowest BCUT2D eigenvalue weighted by molar-refractivity contribution is 0.148. The van der Waals surface area contributed by atoms with Crippen LogP contribution in [0.1, 0.15) is 46.4 Å². The fraction of sp³-hybridized carbons (Fsp3) is 0.750. The molecule has 0 saturated carbocycles. The van der Waals surface area contributed by atoms with E-state index in [2.05, 4.69) is 62.6 Å². The summed E-state index contributed by atoms with van der Waals surface area (Å²) in [5.41, 5.74) is 5.91. The van der Waals surface area contributed by atoms with Crippen molar-refractivity contribution in [3.05, 3.63) is 11.9 Å². The van der Waals surface area contributed by atoms with Gasteiger partial charge in [-0.3, -0.25) is 0 Å². The maximum Gasteiger partial charge on any atom is 0.192 e. The van der Waals surface area contributed by atoms with Crippen LogP contribution >= 0.6 is 0 Å². The Hall–Kier alpha value is -1.14. The number of anilines is 2. The molecular formula is C16H30N4OSi. The van der Waals surface area contributed by atoms with Gasteiger partial charge in [0, 0.05) is 25.1 Å². The van der Waals surface area contributed by atoms with Crippen molar-refractivity contribution < 1.29 is 4.43 Å². The van der Waals surface area contributed by atoms with Gasteiger partial charge < -0.3 is 15.1 Å². The lowest BCUT2D eigenvalue weighted by Crippen LogP contribution is -2.58. The van der Waals surface area contributed by atoms with Crippen LogP contribution in [0.2, 0.25) is 18.1 Å². The van der Waals surface area contributed by atoms with E-state index in [0.29, 0.717) is 11.9 Å². The first-order valence-corrected chi connectivity index (χ1v) is 11.0. The van der Waals surface area contributed by atoms with Gasteiger partial charge in [-0.25, -0.2) is 9.97 Å². The van der Waals surface area contributed by atoms with Crippen molar-refractivity contribution >= 4 is 20.0 Å². The third-order valence-electron chi connectivity index (χ3n) is 4.71. The standard InChI is InChI=1S/C16H30N4OSi/c1-11(2)15-18-13(17)8-14(19-15)20-9-12(10-20)21-22(6,7)16(3,4)5/h8,11-12H,9-10H2,1-7H3,(H2,17,18,19). The topological polar surface area (TPSA) is 64.3 Å². The van der Waals surface area contributed by atoms with Crippen LogP contribution in [-0.4, -0.2) is 37.5 Å². The number of nitrogen functional groups attached to an aromatic ring is 1. The smallest absolute Gasteiger partial charge is 0.192 e. The summed E-state index contributed by atoms with van der Waals surface area (Å²) >= 11 is 0. The molecule has 22 heavy (non-hydrogen) atoms. The predicted octanol–water partition coefficient (Wildman–Crippen LogP) is 3.39. The minimum Gasteiger partial charge on any atom is -0.410 e. The first-order chi connectivity index (χ1) is 9.99. The third kappa shape index (κ3) is 3.60. The zero-order valence-electron chi connectivity index (χ0n) is 15.0. The highest BCUT2D eigenvalue weighted by molar-refractivity contribution is 6.74. The monoisotopic (exact) mass is 322 g/mol. The highest BCUT2D eigenvalue weighted by Gasteiger charge is 2.42. The van der Waals surface area contributed by atoms with Crippen molar-refractivity contribution in [2.75, 3.05) is 23.7 Å². The number of aromatic nitrogens is 2. The summed E-state index contributed by atoms with van der Waals surface area (Å²) in [5, 5.41) is 0.248. The largest absolute Gasteiger partial charge is 0.410 e. The van der Waals surface area contributed by atoms with Crippen LogP contribution in [0.4, 0.5) is 11.6 Å². The Labute approximate surface area is 135 Å². The summed E-state index contributed by atoms with van der Waals surface area (Å²) < 4.78 is 6.42. The molecular weight excluding hydrogens is 292 g/mol. The molecule has 1 fully saturated rings. The Bertz CT molecular complexity index is 533. The molecule has 0 unspecified atom stereocenters. The van der Waals surface area contributed by atoms with Crippen molar-refractivity contribution in [3.63, 3.8) is 0 Å². The summed E-state index contributed by atoms with van der Waals surface area (Å²) in [4.78, 5) is 11.1. The van der Waals surface area contributed by atoms with Crippen LogP contribution in [0.25, 0.3) is 0 Å². The second-order valence-electron chi connectivity index (χ2n) is 8.07. The maximum absolute atomic E-state index is 6.42. The molecule has 0 radical (unpaired) electrons. The zero-order valence-corrected chi connectivity index (χ0v) is 16.0. The molecule has 5 nitrogen and oxygen atoms in total. The first kappa shape index (κ1) is 17.2. The van der Waals surface area contributed by atoms with E-state index >= 15 is 0 Å². The normalized spacial score (nSPS) is 17.0. The Kier molecular flexibility index (Phi) is 4.55. The van der Waals surface area contributed by atoms with E-state index in [4.69, 9.17) is 10.2 Å². The molecule has 0 atom stereocenters. The highest BCUT2D eigenvalue weighted by Crippen LogP contribution is 2.38. The van der Waals surface area contributed by atoms with Crippen molar-refractivity contribution in [1.82, 2.24) is 9.97 Å². The van der Waals surface area contributed by atoms with E-state index in [9.17, 15) is 0 Å². The second kappa shape index (κ2) is 5.81. The molecule has 2 N–H and O–H groups in total. The van der Waals surface area contributed by atoms with Crippen LogP contribution < -0.4 is 10.6 Å². The second-order valence-corrected chi connectivity index (χ2v) is 12.8. The molecule has 2 rings (SSSR count). The Morgan fingerprint density at radius 3 is 2.36 bits per heavy atom. The van der Waals surface area contributed by atoms with Gasteiger partial charge in [0.1, 0.15) is 17.5 Å². The Balaban J connectivity index is 2.00. The minimum absolute atomic E-state index is 0.248. The third-order valence-corrected chi connectivity index (χ3v) is 9.24. The van der Waals surface area contributed by atoms with E-state index in [1.807, 2.05) is 6.07 Å². The number of rotatable bonds is 4. The molecule has 0 spiro atoms. The lowest BCUT2D eigenvalue weighted by atomic mass is 10.1. The van der Waals surface area contributed by atoms with Gasteiger partial charge in [0.25, 0.3) is 0 Å². The van der Waals surface area contributed by atoms with Crippen molar-refractivity contribution in [2.45, 2.75) is 64.8 Å². The maximum atomic E-state index is 6.42. The summed E-state index contributed by atoms with van der Waals surface area (Å²) in [7, 11) is -1.69. The van der Waals surface area contributed by atoms with Crippen LogP contribution in [0.15, 0.2) is 6.07 Å². The molecule has 0 amide bonds. The van der Waals surface area contributed by atoms with Gasteiger partial charge >= 0.3 is 0 Å². The van der Waals surface area contributed by atoms with Gasteiger partial charge in [-0.05, 0) is 18.1 Å². The van der Waals surface area contributed by atoms with Gasteiger partial charge in [-0.2, -0.15) is 0 Å². The summed E-state index contributed by atoms with van der Waals surface area (Å²) in [6, 6.07) is 1.86. The molecule has 1 aliphatic heterocycles. The lowest BCUT2D eigenvalue weighted by Gasteiger charge is -2.46. The van der Waals surface area contributed by atoms with Crippen LogP contribution in [-0.2, 0) is 4.43 Å². The van der Waals surface area contributed by atoms with Gasteiger partial charge in [0.15, 0.2) is 8.32 Å². The van der Waals surface area contributed by atoms with Gasteiger partial charge in [0.2, 0.25) is 0 Å². The van der Waals surface area contributed by atoms with Crippen LogP contribution in [0.3, 0.4) is 0 Å². The Morgan fingerprint density at radius 2 is 1.86 bits per heavy atom. The molecule has 124 valence electrons. The van der Waals surface area contributed by atoms with Gasteiger partial charge in [-0.15, -0.1) is 0 Å². The SMILES string of the molecule is CC(C)c1nc(N)cc(N2CC(O[Si](C)(C)C(C)(C)C)C2)n1. The fourth-order valence-electron chi connectivity index (χ4n) is 2.18. The van der Waals surface area contributed by atoms with Crippen molar-refractivity contribution in [2.24, 2.45) is 0 Å². The van der Waals surface area contributed by atoms with Gasteiger partial charge in [0.05, 0.1) is 6.10 Å². The van der Waals surface area contributed by atoms with E-state index in [-0.39, 0.29) is 11.0 Å². The average molecular weight is 323 g/mol. The fourth-order valence-corrected chi connectivity index (χ4v) is 3.52. The molecule has 2 heterocycles. The molecule has 0 aromatic carbocycles. The number of nitrogens with zero attached hydrogens (tertiary/aromatic N) is 3. The van der Waals surface area contributed by atoms with E-state index in [0.717, 1.165) is 24.7 Å². The first-order valence-electron chi connectivity index (χ1n) is 8.07. The average Bonchev–Trinajstić information content (AvgIpc) is 2.30. The van der Waals surface area contributed by atoms with Crippen molar-refractivity contribution in [1.29, 1.82) is 0 Å². The highest BCUT2D eigenvalue weighted by atomic mass is 28.4. The Morgan fingerprint density at radius 1 is 1.27 bits per heavy atom. The predicted molar refractivity (Wildman–Crippen MR) is 94.8 cm³/mol. The zero-order chi connectivity index (χ0) is 16.7.